The third-order valence-corrected chi connectivity index (χ3v) is 5.49. The third kappa shape index (κ3) is 3.28. The zero-order valence-electron chi connectivity index (χ0n) is 12.7. The molecule has 130 valence electrons. The van der Waals surface area contributed by atoms with Crippen LogP contribution in [0.25, 0.3) is 0 Å². The maximum Gasteiger partial charge on any atom is 0.263 e. The van der Waals surface area contributed by atoms with Gasteiger partial charge in [-0.2, -0.15) is 0 Å². The first-order valence-corrected chi connectivity index (χ1v) is 9.07. The number of sulfonamides is 1. The van der Waals surface area contributed by atoms with Gasteiger partial charge >= 0.3 is 0 Å². The molecule has 1 aliphatic heterocycles. The Morgan fingerprint density at radius 2 is 1.72 bits per heavy atom. The van der Waals surface area contributed by atoms with Crippen molar-refractivity contribution in [3.8, 4) is 0 Å². The van der Waals surface area contributed by atoms with Crippen LogP contribution >= 0.6 is 11.6 Å². The summed E-state index contributed by atoms with van der Waals surface area (Å²) in [5.74, 6) is -1.64. The summed E-state index contributed by atoms with van der Waals surface area (Å²) in [7, 11) is -3.87. The number of hydrogen-bond acceptors (Lipinski definition) is 4. The van der Waals surface area contributed by atoms with Gasteiger partial charge < -0.3 is 0 Å². The van der Waals surface area contributed by atoms with Gasteiger partial charge in [0, 0.05) is 13.1 Å². The van der Waals surface area contributed by atoms with Gasteiger partial charge in [0.25, 0.3) is 11.8 Å². The summed E-state index contributed by atoms with van der Waals surface area (Å²) < 4.78 is 39.4. The zero-order valence-corrected chi connectivity index (χ0v) is 14.3. The number of amides is 2. The van der Waals surface area contributed by atoms with E-state index >= 15 is 0 Å². The van der Waals surface area contributed by atoms with Crippen molar-refractivity contribution in [3.63, 3.8) is 0 Å². The molecule has 0 atom stereocenters. The second kappa shape index (κ2) is 6.55. The summed E-state index contributed by atoms with van der Waals surface area (Å²) in [6, 6.07) is 8.86. The first kappa shape index (κ1) is 17.5. The molecule has 1 N–H and O–H groups in total. The average molecular weight is 383 g/mol. The van der Waals surface area contributed by atoms with Crippen LogP contribution in [-0.4, -0.2) is 38.2 Å². The van der Waals surface area contributed by atoms with E-state index in [2.05, 4.69) is 4.72 Å². The van der Waals surface area contributed by atoms with Gasteiger partial charge in [-0.15, -0.1) is 0 Å². The molecule has 3 rings (SSSR count). The molecular weight excluding hydrogens is 371 g/mol. The van der Waals surface area contributed by atoms with Gasteiger partial charge in [-0.1, -0.05) is 17.7 Å². The molecule has 0 bridgehead atoms. The number of fused-ring (bicyclic) bond motifs is 1. The maximum atomic E-state index is 12.9. The maximum absolute atomic E-state index is 12.9. The van der Waals surface area contributed by atoms with Crippen LogP contribution in [0.4, 0.5) is 4.39 Å². The van der Waals surface area contributed by atoms with Crippen molar-refractivity contribution >= 4 is 33.4 Å². The normalized spacial score (nSPS) is 14.1. The lowest BCUT2D eigenvalue weighted by atomic mass is 10.1. The number of nitrogens with zero attached hydrogens (tertiary/aromatic N) is 1. The summed E-state index contributed by atoms with van der Waals surface area (Å²) in [6.45, 7) is -0.327. The van der Waals surface area contributed by atoms with Gasteiger partial charge in [0.15, 0.2) is 0 Å². The van der Waals surface area contributed by atoms with Gasteiger partial charge in [0.1, 0.15) is 5.82 Å². The van der Waals surface area contributed by atoms with Gasteiger partial charge in [-0.25, -0.2) is 17.5 Å². The van der Waals surface area contributed by atoms with E-state index in [0.717, 1.165) is 29.2 Å². The monoisotopic (exact) mass is 382 g/mol. The fourth-order valence-electron chi connectivity index (χ4n) is 2.48. The van der Waals surface area contributed by atoms with Crippen LogP contribution in [0.15, 0.2) is 47.4 Å². The number of carbonyl (C=O) groups excluding carboxylic acids is 2. The van der Waals surface area contributed by atoms with Crippen LogP contribution in [-0.2, 0) is 10.0 Å². The number of halogens is 2. The lowest BCUT2D eigenvalue weighted by molar-refractivity contribution is 0.0657. The molecule has 2 aromatic carbocycles. The molecule has 25 heavy (non-hydrogen) atoms. The molecule has 0 radical (unpaired) electrons. The Bertz CT molecular complexity index is 961. The molecule has 1 aliphatic rings. The smallest absolute Gasteiger partial charge is 0.263 e. The average Bonchev–Trinajstić information content (AvgIpc) is 2.81. The fourth-order valence-corrected chi connectivity index (χ4v) is 3.76. The second-order valence-corrected chi connectivity index (χ2v) is 7.45. The Morgan fingerprint density at radius 1 is 1.04 bits per heavy atom. The summed E-state index contributed by atoms with van der Waals surface area (Å²) in [6.07, 6.45) is 0. The Labute approximate surface area is 148 Å². The second-order valence-electron chi connectivity index (χ2n) is 5.28. The van der Waals surface area contributed by atoms with E-state index in [1.54, 1.807) is 6.07 Å². The predicted molar refractivity (Wildman–Crippen MR) is 88.4 cm³/mol. The molecule has 2 amide bonds. The predicted octanol–water partition coefficient (Wildman–Crippen LogP) is 2.05. The van der Waals surface area contributed by atoms with Crippen molar-refractivity contribution in [2.45, 2.75) is 4.90 Å². The minimum Gasteiger partial charge on any atom is -0.273 e. The van der Waals surface area contributed by atoms with Crippen molar-refractivity contribution in [2.24, 2.45) is 0 Å². The zero-order chi connectivity index (χ0) is 18.2. The highest BCUT2D eigenvalue weighted by Crippen LogP contribution is 2.28. The van der Waals surface area contributed by atoms with Crippen LogP contribution in [0.5, 0.6) is 0 Å². The number of rotatable bonds is 5. The molecule has 2 aromatic rings. The van der Waals surface area contributed by atoms with E-state index in [-0.39, 0.29) is 34.1 Å². The Morgan fingerprint density at radius 3 is 2.36 bits per heavy atom. The van der Waals surface area contributed by atoms with Crippen molar-refractivity contribution < 1.29 is 22.4 Å². The van der Waals surface area contributed by atoms with E-state index in [9.17, 15) is 22.4 Å². The fraction of sp³-hybridized carbons (Fsp3) is 0.125. The van der Waals surface area contributed by atoms with Crippen LogP contribution < -0.4 is 4.72 Å². The largest absolute Gasteiger partial charge is 0.273 e. The van der Waals surface area contributed by atoms with Crippen molar-refractivity contribution in [1.82, 2.24) is 9.62 Å². The van der Waals surface area contributed by atoms with Gasteiger partial charge in [-0.05, 0) is 36.4 Å². The molecule has 0 fully saturated rings. The molecule has 0 aromatic heterocycles. The van der Waals surface area contributed by atoms with E-state index in [1.807, 2.05) is 0 Å². The van der Waals surface area contributed by atoms with Crippen molar-refractivity contribution in [3.05, 3.63) is 64.4 Å². The molecule has 0 saturated heterocycles. The van der Waals surface area contributed by atoms with Crippen LogP contribution in [0.1, 0.15) is 20.7 Å². The van der Waals surface area contributed by atoms with Gasteiger partial charge in [-0.3, -0.25) is 14.5 Å². The number of nitrogens with one attached hydrogen (secondary N) is 1. The number of benzene rings is 2. The Balaban J connectivity index is 1.69. The van der Waals surface area contributed by atoms with Gasteiger partial charge in [0.05, 0.1) is 21.0 Å². The molecule has 0 aliphatic carbocycles. The van der Waals surface area contributed by atoms with E-state index < -0.39 is 27.7 Å². The minimum absolute atomic E-state index is 0.112. The Hall–Kier alpha value is -2.29. The number of imide groups is 1. The quantitative estimate of drug-likeness (QED) is 0.802. The molecule has 9 heteroatoms. The molecule has 0 unspecified atom stereocenters. The van der Waals surface area contributed by atoms with E-state index in [4.69, 9.17) is 11.6 Å². The molecule has 0 saturated carbocycles. The highest BCUT2D eigenvalue weighted by Gasteiger charge is 2.36. The minimum atomic E-state index is -3.87. The van der Waals surface area contributed by atoms with Crippen molar-refractivity contribution in [2.75, 3.05) is 13.1 Å². The van der Waals surface area contributed by atoms with Gasteiger partial charge in [0.2, 0.25) is 10.0 Å². The molecule has 0 spiro atoms. The topological polar surface area (TPSA) is 83.6 Å². The summed E-state index contributed by atoms with van der Waals surface area (Å²) in [5, 5.41) is 0.172. The highest BCUT2D eigenvalue weighted by molar-refractivity contribution is 7.89. The van der Waals surface area contributed by atoms with E-state index in [1.165, 1.54) is 12.1 Å². The highest BCUT2D eigenvalue weighted by atomic mass is 35.5. The van der Waals surface area contributed by atoms with Crippen LogP contribution in [0.2, 0.25) is 5.02 Å². The lowest BCUT2D eigenvalue weighted by Gasteiger charge is -2.14. The van der Waals surface area contributed by atoms with E-state index in [0.29, 0.717) is 0 Å². The summed E-state index contributed by atoms with van der Waals surface area (Å²) in [4.78, 5) is 25.4. The lowest BCUT2D eigenvalue weighted by Crippen LogP contribution is -2.38. The molecule has 6 nitrogen and oxygen atoms in total. The first-order valence-electron chi connectivity index (χ1n) is 7.21. The summed E-state index contributed by atoms with van der Waals surface area (Å²) in [5.41, 5.74) is 0.314. The molecular formula is C16H12ClFN2O4S. The Kier molecular flexibility index (Phi) is 4.59. The van der Waals surface area contributed by atoms with Crippen LogP contribution in [0.3, 0.4) is 0 Å². The standard InChI is InChI=1S/C16H12ClFN2O4S/c17-13-3-1-2-12-14(13)16(22)20(15(12)21)9-8-19-25(23,24)11-6-4-10(18)5-7-11/h1-7,19H,8-9H2. The summed E-state index contributed by atoms with van der Waals surface area (Å²) >= 11 is 5.95. The molecule has 1 heterocycles. The first-order chi connectivity index (χ1) is 11.8. The number of carbonyl (C=O) groups is 2. The van der Waals surface area contributed by atoms with Crippen molar-refractivity contribution in [1.29, 1.82) is 0 Å². The number of hydrogen-bond donors (Lipinski definition) is 1. The van der Waals surface area contributed by atoms with Crippen LogP contribution in [0, 0.1) is 5.82 Å². The third-order valence-electron chi connectivity index (χ3n) is 3.70. The SMILES string of the molecule is O=C1c2cccc(Cl)c2C(=O)N1CCNS(=O)(=O)c1ccc(F)cc1.